The first-order chi connectivity index (χ1) is 8.77. The standard InChI is InChI=1S/C14H20N2O2/c1-2-3-8-18-11-13(17)10-16-14-7-5-4-6-12(14)9-15/h4-7,13,16-17H,2-3,8,10-11H2,1H3. The van der Waals surface area contributed by atoms with E-state index in [1.165, 1.54) is 0 Å². The molecule has 0 fully saturated rings. The molecule has 0 radical (unpaired) electrons. The van der Waals surface area contributed by atoms with Crippen LogP contribution in [0.2, 0.25) is 0 Å². The summed E-state index contributed by atoms with van der Waals surface area (Å²) in [4.78, 5) is 0. The number of para-hydroxylation sites is 1. The molecule has 4 nitrogen and oxygen atoms in total. The Labute approximate surface area is 108 Å². The summed E-state index contributed by atoms with van der Waals surface area (Å²) >= 11 is 0. The van der Waals surface area contributed by atoms with Gasteiger partial charge in [0, 0.05) is 13.2 Å². The van der Waals surface area contributed by atoms with Gasteiger partial charge in [-0.25, -0.2) is 0 Å². The minimum atomic E-state index is -0.561. The number of nitriles is 1. The molecule has 0 aliphatic rings. The Kier molecular flexibility index (Phi) is 6.85. The highest BCUT2D eigenvalue weighted by Gasteiger charge is 2.05. The zero-order valence-corrected chi connectivity index (χ0v) is 10.7. The highest BCUT2D eigenvalue weighted by molar-refractivity contribution is 5.57. The first-order valence-electron chi connectivity index (χ1n) is 6.26. The van der Waals surface area contributed by atoms with E-state index in [1.54, 1.807) is 6.07 Å². The Bertz CT molecular complexity index is 388. The second-order valence-corrected chi connectivity index (χ2v) is 4.12. The summed E-state index contributed by atoms with van der Waals surface area (Å²) in [7, 11) is 0. The summed E-state index contributed by atoms with van der Waals surface area (Å²) in [5.74, 6) is 0. The highest BCUT2D eigenvalue weighted by atomic mass is 16.5. The Morgan fingerprint density at radius 3 is 2.94 bits per heavy atom. The van der Waals surface area contributed by atoms with Crippen molar-refractivity contribution in [3.05, 3.63) is 29.8 Å². The van der Waals surface area contributed by atoms with Crippen LogP contribution in [-0.2, 0) is 4.74 Å². The zero-order valence-electron chi connectivity index (χ0n) is 10.7. The molecule has 1 rings (SSSR count). The van der Waals surface area contributed by atoms with Gasteiger partial charge < -0.3 is 15.2 Å². The van der Waals surface area contributed by atoms with Gasteiger partial charge in [-0.1, -0.05) is 25.5 Å². The van der Waals surface area contributed by atoms with Gasteiger partial charge in [0.15, 0.2) is 0 Å². The summed E-state index contributed by atoms with van der Waals surface area (Å²) in [5.41, 5.74) is 1.32. The molecule has 0 aromatic heterocycles. The number of hydrogen-bond donors (Lipinski definition) is 2. The van der Waals surface area contributed by atoms with E-state index in [0.29, 0.717) is 25.3 Å². The van der Waals surface area contributed by atoms with Crippen molar-refractivity contribution in [2.24, 2.45) is 0 Å². The van der Waals surface area contributed by atoms with E-state index in [9.17, 15) is 5.11 Å². The second-order valence-electron chi connectivity index (χ2n) is 4.12. The van der Waals surface area contributed by atoms with Gasteiger partial charge >= 0.3 is 0 Å². The number of aliphatic hydroxyl groups excluding tert-OH is 1. The van der Waals surface area contributed by atoms with Gasteiger partial charge in [0.05, 0.1) is 24.0 Å². The number of unbranched alkanes of at least 4 members (excludes halogenated alkanes) is 1. The fourth-order valence-corrected chi connectivity index (χ4v) is 1.49. The van der Waals surface area contributed by atoms with Gasteiger partial charge in [0.2, 0.25) is 0 Å². The van der Waals surface area contributed by atoms with E-state index in [-0.39, 0.29) is 0 Å². The van der Waals surface area contributed by atoms with E-state index in [2.05, 4.69) is 18.3 Å². The SMILES string of the molecule is CCCCOCC(O)CNc1ccccc1C#N. The summed E-state index contributed by atoms with van der Waals surface area (Å²) in [6.45, 7) is 3.48. The molecular weight excluding hydrogens is 228 g/mol. The number of hydrogen-bond acceptors (Lipinski definition) is 4. The highest BCUT2D eigenvalue weighted by Crippen LogP contribution is 2.13. The number of nitrogens with zero attached hydrogens (tertiary/aromatic N) is 1. The average Bonchev–Trinajstić information content (AvgIpc) is 2.41. The predicted molar refractivity (Wildman–Crippen MR) is 71.4 cm³/mol. The van der Waals surface area contributed by atoms with Crippen molar-refractivity contribution >= 4 is 5.69 Å². The topological polar surface area (TPSA) is 65.3 Å². The van der Waals surface area contributed by atoms with Crippen molar-refractivity contribution in [3.8, 4) is 6.07 Å². The third-order valence-corrected chi connectivity index (χ3v) is 2.53. The maximum atomic E-state index is 9.70. The van der Waals surface area contributed by atoms with Crippen molar-refractivity contribution in [1.82, 2.24) is 0 Å². The summed E-state index contributed by atoms with van der Waals surface area (Å²) in [6, 6.07) is 9.34. The molecule has 0 amide bonds. The van der Waals surface area contributed by atoms with E-state index >= 15 is 0 Å². The molecule has 0 saturated heterocycles. The van der Waals surface area contributed by atoms with Gasteiger partial charge in [-0.15, -0.1) is 0 Å². The second kappa shape index (κ2) is 8.51. The lowest BCUT2D eigenvalue weighted by Gasteiger charge is -2.13. The van der Waals surface area contributed by atoms with E-state index < -0.39 is 6.10 Å². The van der Waals surface area contributed by atoms with E-state index in [1.807, 2.05) is 18.2 Å². The normalized spacial score (nSPS) is 11.8. The van der Waals surface area contributed by atoms with Crippen LogP contribution < -0.4 is 5.32 Å². The van der Waals surface area contributed by atoms with Gasteiger partial charge in [-0.3, -0.25) is 0 Å². The zero-order chi connectivity index (χ0) is 13.2. The van der Waals surface area contributed by atoms with Crippen molar-refractivity contribution in [2.45, 2.75) is 25.9 Å². The van der Waals surface area contributed by atoms with Crippen molar-refractivity contribution < 1.29 is 9.84 Å². The fourth-order valence-electron chi connectivity index (χ4n) is 1.49. The molecule has 0 aliphatic carbocycles. The van der Waals surface area contributed by atoms with Crippen LogP contribution in [0.4, 0.5) is 5.69 Å². The van der Waals surface area contributed by atoms with Crippen LogP contribution in [0.5, 0.6) is 0 Å². The first-order valence-corrected chi connectivity index (χ1v) is 6.26. The molecular formula is C14H20N2O2. The minimum Gasteiger partial charge on any atom is -0.389 e. The van der Waals surface area contributed by atoms with Gasteiger partial charge in [-0.05, 0) is 18.6 Å². The molecule has 18 heavy (non-hydrogen) atoms. The maximum absolute atomic E-state index is 9.70. The van der Waals surface area contributed by atoms with Crippen LogP contribution in [0, 0.1) is 11.3 Å². The monoisotopic (exact) mass is 248 g/mol. The number of ether oxygens (including phenoxy) is 1. The first kappa shape index (κ1) is 14.5. The maximum Gasteiger partial charge on any atom is 0.101 e. The molecule has 1 aromatic rings. The van der Waals surface area contributed by atoms with Crippen molar-refractivity contribution in [1.29, 1.82) is 5.26 Å². The summed E-state index contributed by atoms with van der Waals surface area (Å²) in [6.07, 6.45) is 1.54. The number of nitrogens with one attached hydrogen (secondary N) is 1. The Morgan fingerprint density at radius 2 is 2.22 bits per heavy atom. The Hall–Kier alpha value is -1.57. The van der Waals surface area contributed by atoms with Crippen LogP contribution in [0.15, 0.2) is 24.3 Å². The molecule has 0 heterocycles. The fraction of sp³-hybridized carbons (Fsp3) is 0.500. The van der Waals surface area contributed by atoms with Gasteiger partial charge in [-0.2, -0.15) is 5.26 Å². The molecule has 2 N–H and O–H groups in total. The molecule has 1 aromatic carbocycles. The van der Waals surface area contributed by atoms with Crippen molar-refractivity contribution in [3.63, 3.8) is 0 Å². The van der Waals surface area contributed by atoms with Crippen LogP contribution in [-0.4, -0.2) is 31.0 Å². The Morgan fingerprint density at radius 1 is 1.44 bits per heavy atom. The van der Waals surface area contributed by atoms with Crippen LogP contribution >= 0.6 is 0 Å². The lowest BCUT2D eigenvalue weighted by atomic mass is 10.2. The quantitative estimate of drug-likeness (QED) is 0.692. The Balaban J connectivity index is 2.29. The average molecular weight is 248 g/mol. The smallest absolute Gasteiger partial charge is 0.101 e. The van der Waals surface area contributed by atoms with E-state index in [0.717, 1.165) is 18.5 Å². The molecule has 0 spiro atoms. The van der Waals surface area contributed by atoms with E-state index in [4.69, 9.17) is 10.00 Å². The van der Waals surface area contributed by atoms with Crippen molar-refractivity contribution in [2.75, 3.05) is 25.1 Å². The molecule has 0 saturated carbocycles. The third kappa shape index (κ3) is 5.17. The van der Waals surface area contributed by atoms with Crippen LogP contribution in [0.3, 0.4) is 0 Å². The summed E-state index contributed by atoms with van der Waals surface area (Å²) in [5, 5.41) is 21.7. The van der Waals surface area contributed by atoms with Crippen LogP contribution in [0.1, 0.15) is 25.3 Å². The summed E-state index contributed by atoms with van der Waals surface area (Å²) < 4.78 is 5.33. The number of anilines is 1. The van der Waals surface area contributed by atoms with Gasteiger partial charge in [0.1, 0.15) is 6.07 Å². The predicted octanol–water partition coefficient (Wildman–Crippen LogP) is 2.15. The van der Waals surface area contributed by atoms with Gasteiger partial charge in [0.25, 0.3) is 0 Å². The molecule has 98 valence electrons. The molecule has 0 aliphatic heterocycles. The molecule has 0 bridgehead atoms. The third-order valence-electron chi connectivity index (χ3n) is 2.53. The number of rotatable bonds is 8. The largest absolute Gasteiger partial charge is 0.389 e. The van der Waals surface area contributed by atoms with Crippen LogP contribution in [0.25, 0.3) is 0 Å². The molecule has 1 unspecified atom stereocenters. The lowest BCUT2D eigenvalue weighted by molar-refractivity contribution is 0.0422. The molecule has 1 atom stereocenters. The molecule has 4 heteroatoms. The minimum absolute atomic E-state index is 0.321. The number of benzene rings is 1. The lowest BCUT2D eigenvalue weighted by Crippen LogP contribution is -2.25. The number of aliphatic hydroxyl groups is 1.